The van der Waals surface area contributed by atoms with E-state index in [0.717, 1.165) is 0 Å². The Morgan fingerprint density at radius 1 is 1.57 bits per heavy atom. The van der Waals surface area contributed by atoms with E-state index in [0.29, 0.717) is 0 Å². The molecule has 0 aromatic carbocycles. The third kappa shape index (κ3) is 5.79. The monoisotopic (exact) mass is 138 g/mol. The summed E-state index contributed by atoms with van der Waals surface area (Å²) in [6.45, 7) is 3.21. The molecule has 0 saturated carbocycles. The molecule has 0 aromatic rings. The van der Waals surface area contributed by atoms with Crippen molar-refractivity contribution in [2.45, 2.75) is 0 Å². The van der Waals surface area contributed by atoms with Gasteiger partial charge in [-0.1, -0.05) is 18.2 Å². The molecule has 0 aliphatic carbocycles. The van der Waals surface area contributed by atoms with Gasteiger partial charge in [0.2, 0.25) is 0 Å². The molecule has 4 heteroatoms. The zero-order valence-electron chi connectivity index (χ0n) is 3.49. The Kier molecular flexibility index (Phi) is 2.79. The van der Waals surface area contributed by atoms with Crippen molar-refractivity contribution in [3.63, 3.8) is 0 Å². The maximum Gasteiger partial charge on any atom is 0.194 e. The molecular formula is C3H4Cl2N2. The van der Waals surface area contributed by atoms with Crippen molar-refractivity contribution in [2.24, 2.45) is 10.7 Å². The van der Waals surface area contributed by atoms with Gasteiger partial charge in [0.1, 0.15) is 5.16 Å². The van der Waals surface area contributed by atoms with Gasteiger partial charge in [0.05, 0.1) is 0 Å². The first-order valence-corrected chi connectivity index (χ1v) is 2.22. The van der Waals surface area contributed by atoms with E-state index < -0.39 is 0 Å². The molecule has 40 valence electrons. The second-order valence-corrected chi connectivity index (χ2v) is 1.63. The molecule has 0 amide bonds. The molecule has 0 aliphatic rings. The van der Waals surface area contributed by atoms with Gasteiger partial charge in [0.25, 0.3) is 0 Å². The van der Waals surface area contributed by atoms with Crippen LogP contribution < -0.4 is 5.73 Å². The third-order valence-corrected chi connectivity index (χ3v) is 0.397. The van der Waals surface area contributed by atoms with Gasteiger partial charge in [0, 0.05) is 0 Å². The van der Waals surface area contributed by atoms with Crippen molar-refractivity contribution in [1.82, 2.24) is 0 Å². The lowest BCUT2D eigenvalue weighted by atomic mass is 11.0. The zero-order chi connectivity index (χ0) is 5.86. The second-order valence-electron chi connectivity index (χ2n) is 0.811. The van der Waals surface area contributed by atoms with Gasteiger partial charge < -0.3 is 5.73 Å². The van der Waals surface area contributed by atoms with E-state index in [1.54, 1.807) is 0 Å². The van der Waals surface area contributed by atoms with Crippen LogP contribution >= 0.6 is 23.2 Å². The Hall–Kier alpha value is -0.210. The van der Waals surface area contributed by atoms with Crippen LogP contribution in [0, 0.1) is 0 Å². The maximum absolute atomic E-state index is 5.13. The van der Waals surface area contributed by atoms with Crippen molar-refractivity contribution in [3.05, 3.63) is 11.7 Å². The van der Waals surface area contributed by atoms with Crippen LogP contribution in [-0.2, 0) is 0 Å². The molecule has 2 nitrogen and oxygen atoms in total. The summed E-state index contributed by atoms with van der Waals surface area (Å²) in [5.74, 6) is 0. The Balaban J connectivity index is 3.68. The Bertz CT molecular complexity index is 104. The van der Waals surface area contributed by atoms with E-state index in [2.05, 4.69) is 11.6 Å². The Labute approximate surface area is 51.6 Å². The van der Waals surface area contributed by atoms with E-state index in [9.17, 15) is 0 Å². The van der Waals surface area contributed by atoms with Crippen LogP contribution in [0.25, 0.3) is 0 Å². The van der Waals surface area contributed by atoms with Crippen molar-refractivity contribution >= 4 is 28.5 Å². The number of rotatable bonds is 1. The third-order valence-electron chi connectivity index (χ3n) is 0.228. The minimum absolute atomic E-state index is 0.0903. The summed E-state index contributed by atoms with van der Waals surface area (Å²) >= 11 is 10.2. The SMILES string of the molecule is C=C(Cl)/N=C(\N)Cl. The van der Waals surface area contributed by atoms with E-state index in [4.69, 9.17) is 28.9 Å². The number of nitrogens with zero attached hydrogens (tertiary/aromatic N) is 1. The van der Waals surface area contributed by atoms with E-state index in [1.165, 1.54) is 0 Å². The number of halogens is 2. The summed E-state index contributed by atoms with van der Waals surface area (Å²) in [4.78, 5) is 3.31. The molecule has 0 spiro atoms. The van der Waals surface area contributed by atoms with Crippen LogP contribution in [0.2, 0.25) is 0 Å². The minimum Gasteiger partial charge on any atom is -0.374 e. The van der Waals surface area contributed by atoms with E-state index in [-0.39, 0.29) is 10.5 Å². The molecule has 0 aromatic heterocycles. The van der Waals surface area contributed by atoms with Crippen LogP contribution in [-0.4, -0.2) is 5.29 Å². The molecule has 0 unspecified atom stereocenters. The van der Waals surface area contributed by atoms with Gasteiger partial charge in [-0.15, -0.1) is 0 Å². The molecule has 7 heavy (non-hydrogen) atoms. The highest BCUT2D eigenvalue weighted by Gasteiger charge is 1.80. The normalized spacial score (nSPS) is 11.4. The maximum atomic E-state index is 5.13. The molecular weight excluding hydrogens is 135 g/mol. The lowest BCUT2D eigenvalue weighted by molar-refractivity contribution is 1.51. The predicted molar refractivity (Wildman–Crippen MR) is 32.5 cm³/mol. The van der Waals surface area contributed by atoms with Gasteiger partial charge in [-0.2, -0.15) is 0 Å². The number of aliphatic imine (C=N–C) groups is 1. The van der Waals surface area contributed by atoms with Crippen LogP contribution in [0.15, 0.2) is 16.7 Å². The summed E-state index contributed by atoms with van der Waals surface area (Å²) in [5.41, 5.74) is 4.86. The van der Waals surface area contributed by atoms with Gasteiger partial charge in [-0.25, -0.2) is 4.99 Å². The van der Waals surface area contributed by atoms with Crippen molar-refractivity contribution in [1.29, 1.82) is 0 Å². The molecule has 0 atom stereocenters. The van der Waals surface area contributed by atoms with Crippen molar-refractivity contribution < 1.29 is 0 Å². The minimum atomic E-state index is -0.0972. The topological polar surface area (TPSA) is 38.4 Å². The summed E-state index contributed by atoms with van der Waals surface area (Å²) in [6, 6.07) is 0. The fourth-order valence-corrected chi connectivity index (χ4v) is 0.352. The summed E-state index contributed by atoms with van der Waals surface area (Å²) < 4.78 is 0. The fraction of sp³-hybridized carbons (Fsp3) is 0. The first kappa shape index (κ1) is 6.79. The first-order chi connectivity index (χ1) is 3.13. The highest BCUT2D eigenvalue weighted by Crippen LogP contribution is 1.97. The van der Waals surface area contributed by atoms with Gasteiger partial charge in [-0.3, -0.25) is 0 Å². The molecule has 0 radical (unpaired) electrons. The number of hydrogen-bond donors (Lipinski definition) is 1. The molecule has 0 heterocycles. The molecule has 0 saturated heterocycles. The van der Waals surface area contributed by atoms with Gasteiger partial charge in [0.15, 0.2) is 5.29 Å². The van der Waals surface area contributed by atoms with Gasteiger partial charge >= 0.3 is 0 Å². The zero-order valence-corrected chi connectivity index (χ0v) is 5.00. The number of hydrogen-bond acceptors (Lipinski definition) is 1. The highest BCUT2D eigenvalue weighted by atomic mass is 35.5. The molecule has 0 fully saturated rings. The van der Waals surface area contributed by atoms with E-state index in [1.807, 2.05) is 0 Å². The van der Waals surface area contributed by atoms with Crippen LogP contribution in [0.1, 0.15) is 0 Å². The van der Waals surface area contributed by atoms with Crippen molar-refractivity contribution in [3.8, 4) is 0 Å². The number of amidine groups is 1. The standard InChI is InChI=1S/C3H4Cl2N2/c1-2(4)7-3(5)6/h1H2,(H2,6,7). The van der Waals surface area contributed by atoms with Crippen LogP contribution in [0.3, 0.4) is 0 Å². The Morgan fingerprint density at radius 2 is 2.00 bits per heavy atom. The van der Waals surface area contributed by atoms with Crippen LogP contribution in [0.5, 0.6) is 0 Å². The molecule has 0 aliphatic heterocycles. The average molecular weight is 139 g/mol. The van der Waals surface area contributed by atoms with Gasteiger partial charge in [-0.05, 0) is 11.6 Å². The molecule has 2 N–H and O–H groups in total. The lowest BCUT2D eigenvalue weighted by Crippen LogP contribution is -2.00. The molecule has 0 bridgehead atoms. The summed E-state index contributed by atoms with van der Waals surface area (Å²) in [6.07, 6.45) is 0. The molecule has 0 rings (SSSR count). The predicted octanol–water partition coefficient (Wildman–Crippen LogP) is 1.25. The number of nitrogens with two attached hydrogens (primary N) is 1. The van der Waals surface area contributed by atoms with Crippen LogP contribution in [0.4, 0.5) is 0 Å². The van der Waals surface area contributed by atoms with Crippen molar-refractivity contribution in [2.75, 3.05) is 0 Å². The summed E-state index contributed by atoms with van der Waals surface area (Å²) in [5, 5.41) is -0.00694. The average Bonchev–Trinajstić information content (AvgIpc) is 1.27. The Morgan fingerprint density at radius 3 is 2.00 bits per heavy atom. The van der Waals surface area contributed by atoms with E-state index >= 15 is 0 Å². The summed E-state index contributed by atoms with van der Waals surface area (Å²) in [7, 11) is 0. The quantitative estimate of drug-likeness (QED) is 0.331. The smallest absolute Gasteiger partial charge is 0.194 e. The highest BCUT2D eigenvalue weighted by molar-refractivity contribution is 6.64. The first-order valence-electron chi connectivity index (χ1n) is 1.47. The largest absolute Gasteiger partial charge is 0.374 e. The lowest BCUT2D eigenvalue weighted by Gasteiger charge is -1.81. The second kappa shape index (κ2) is 2.88. The fourth-order valence-electron chi connectivity index (χ4n) is 0.116.